The molecule has 0 saturated carbocycles. The van der Waals surface area contributed by atoms with Gasteiger partial charge in [-0.2, -0.15) is 8.42 Å². The van der Waals surface area contributed by atoms with Gasteiger partial charge < -0.3 is 9.47 Å². The molecule has 3 atom stereocenters. The lowest BCUT2D eigenvalue weighted by molar-refractivity contribution is -0.196. The summed E-state index contributed by atoms with van der Waals surface area (Å²) < 4.78 is 42.4. The Morgan fingerprint density at radius 1 is 1.16 bits per heavy atom. The van der Waals surface area contributed by atoms with E-state index in [4.69, 9.17) is 19.2 Å². The van der Waals surface area contributed by atoms with Crippen molar-refractivity contribution >= 4 is 10.1 Å². The molecule has 1 heterocycles. The van der Waals surface area contributed by atoms with Crippen LogP contribution in [0.25, 0.3) is 10.4 Å². The Morgan fingerprint density at radius 2 is 1.90 bits per heavy atom. The summed E-state index contributed by atoms with van der Waals surface area (Å²) in [5, 5.41) is 3.90. The van der Waals surface area contributed by atoms with Crippen LogP contribution in [0.1, 0.15) is 30.4 Å². The zero-order chi connectivity index (χ0) is 22.1. The van der Waals surface area contributed by atoms with E-state index >= 15 is 0 Å². The molecule has 0 spiro atoms. The average molecular weight is 446 g/mol. The molecule has 31 heavy (non-hydrogen) atoms. The lowest BCUT2D eigenvalue weighted by atomic mass is 10.0. The highest BCUT2D eigenvalue weighted by Crippen LogP contribution is 2.22. The van der Waals surface area contributed by atoms with Gasteiger partial charge in [-0.3, -0.25) is 4.18 Å². The Hall–Kier alpha value is -2.42. The average Bonchev–Trinajstić information content (AvgIpc) is 2.78. The number of rotatable bonds is 10. The first-order valence-corrected chi connectivity index (χ1v) is 11.7. The Labute approximate surface area is 182 Å². The molecule has 0 aliphatic carbocycles. The largest absolute Gasteiger partial charge is 0.353 e. The van der Waals surface area contributed by atoms with E-state index in [1.54, 1.807) is 12.1 Å². The minimum absolute atomic E-state index is 0.0640. The highest BCUT2D eigenvalue weighted by molar-refractivity contribution is 7.86. The molecule has 0 radical (unpaired) electrons. The topological polar surface area (TPSA) is 111 Å². The second kappa shape index (κ2) is 11.3. The van der Waals surface area contributed by atoms with Gasteiger partial charge in [0.15, 0.2) is 6.29 Å². The second-order valence-corrected chi connectivity index (χ2v) is 9.10. The molecular formula is C22H27N3O5S. The summed E-state index contributed by atoms with van der Waals surface area (Å²) in [4.78, 5) is 3.02. The van der Waals surface area contributed by atoms with E-state index in [0.717, 1.165) is 24.0 Å². The van der Waals surface area contributed by atoms with Crippen LogP contribution in [0.3, 0.4) is 0 Å². The highest BCUT2D eigenvalue weighted by Gasteiger charge is 2.29. The van der Waals surface area contributed by atoms with E-state index in [0.29, 0.717) is 19.4 Å². The SMILES string of the molecule is Cc1ccc(S(=O)(=O)OCC(OC2CCCCO2)C(Cc2ccccc2)N=[N+]=[N-])cc1. The lowest BCUT2D eigenvalue weighted by Crippen LogP contribution is -2.39. The zero-order valence-electron chi connectivity index (χ0n) is 17.5. The van der Waals surface area contributed by atoms with Gasteiger partial charge in [-0.05, 0) is 55.8 Å². The van der Waals surface area contributed by atoms with Gasteiger partial charge >= 0.3 is 0 Å². The van der Waals surface area contributed by atoms with Crippen molar-refractivity contribution in [1.29, 1.82) is 0 Å². The van der Waals surface area contributed by atoms with Crippen molar-refractivity contribution < 1.29 is 22.1 Å². The quantitative estimate of drug-likeness (QED) is 0.231. The molecule has 1 aliphatic heterocycles. The van der Waals surface area contributed by atoms with Crippen LogP contribution < -0.4 is 0 Å². The number of nitrogens with zero attached hydrogens (tertiary/aromatic N) is 3. The van der Waals surface area contributed by atoms with Gasteiger partial charge in [-0.1, -0.05) is 53.1 Å². The third-order valence-electron chi connectivity index (χ3n) is 5.08. The summed E-state index contributed by atoms with van der Waals surface area (Å²) in [6.45, 7) is 2.16. The van der Waals surface area contributed by atoms with Gasteiger partial charge in [0.05, 0.1) is 23.6 Å². The number of benzene rings is 2. The van der Waals surface area contributed by atoms with Gasteiger partial charge in [0.25, 0.3) is 10.1 Å². The minimum Gasteiger partial charge on any atom is -0.353 e. The molecule has 1 saturated heterocycles. The number of hydrogen-bond acceptors (Lipinski definition) is 6. The van der Waals surface area contributed by atoms with E-state index in [9.17, 15) is 8.42 Å². The fraction of sp³-hybridized carbons (Fsp3) is 0.455. The van der Waals surface area contributed by atoms with Gasteiger partial charge in [0, 0.05) is 11.5 Å². The first-order valence-electron chi connectivity index (χ1n) is 10.3. The maximum absolute atomic E-state index is 12.7. The van der Waals surface area contributed by atoms with E-state index in [-0.39, 0.29) is 11.5 Å². The summed E-state index contributed by atoms with van der Waals surface area (Å²) in [7, 11) is -3.99. The Morgan fingerprint density at radius 3 is 2.55 bits per heavy atom. The van der Waals surface area contributed by atoms with E-state index in [2.05, 4.69) is 10.0 Å². The number of hydrogen-bond donors (Lipinski definition) is 0. The summed E-state index contributed by atoms with van der Waals surface area (Å²) >= 11 is 0. The molecular weight excluding hydrogens is 418 g/mol. The molecule has 2 aromatic rings. The zero-order valence-corrected chi connectivity index (χ0v) is 18.3. The third-order valence-corrected chi connectivity index (χ3v) is 6.37. The van der Waals surface area contributed by atoms with Crippen LogP contribution in [0.15, 0.2) is 64.6 Å². The van der Waals surface area contributed by atoms with Crippen LogP contribution in [0.5, 0.6) is 0 Å². The fourth-order valence-electron chi connectivity index (χ4n) is 3.35. The smallest absolute Gasteiger partial charge is 0.297 e. The molecule has 9 heteroatoms. The maximum Gasteiger partial charge on any atom is 0.297 e. The number of ether oxygens (including phenoxy) is 2. The van der Waals surface area contributed by atoms with Gasteiger partial charge in [-0.15, -0.1) is 0 Å². The summed E-state index contributed by atoms with van der Waals surface area (Å²) in [6, 6.07) is 15.3. The molecule has 1 fully saturated rings. The van der Waals surface area contributed by atoms with Crippen molar-refractivity contribution in [1.82, 2.24) is 0 Å². The first-order chi connectivity index (χ1) is 15.0. The van der Waals surface area contributed by atoms with Gasteiger partial charge in [-0.25, -0.2) is 0 Å². The molecule has 1 aliphatic rings. The molecule has 3 unspecified atom stereocenters. The Balaban J connectivity index is 1.78. The predicted octanol–water partition coefficient (Wildman–Crippen LogP) is 4.53. The number of azide groups is 1. The lowest BCUT2D eigenvalue weighted by Gasteiger charge is -2.30. The monoisotopic (exact) mass is 445 g/mol. The molecule has 0 N–H and O–H groups in total. The molecule has 8 nitrogen and oxygen atoms in total. The minimum atomic E-state index is -3.99. The first kappa shape index (κ1) is 23.2. The van der Waals surface area contributed by atoms with Gasteiger partial charge in [0.2, 0.25) is 0 Å². The fourth-order valence-corrected chi connectivity index (χ4v) is 4.27. The predicted molar refractivity (Wildman–Crippen MR) is 116 cm³/mol. The molecule has 2 aromatic carbocycles. The van der Waals surface area contributed by atoms with E-state index in [1.807, 2.05) is 37.3 Å². The van der Waals surface area contributed by atoms with Crippen LogP contribution in [-0.4, -0.2) is 40.1 Å². The summed E-state index contributed by atoms with van der Waals surface area (Å²) in [5.74, 6) is 0. The van der Waals surface area contributed by atoms with Crippen LogP contribution in [0, 0.1) is 6.92 Å². The van der Waals surface area contributed by atoms with Crippen molar-refractivity contribution in [2.75, 3.05) is 13.2 Å². The molecule has 166 valence electrons. The van der Waals surface area contributed by atoms with Crippen LogP contribution in [-0.2, 0) is 30.2 Å². The van der Waals surface area contributed by atoms with E-state index in [1.165, 1.54) is 12.1 Å². The normalized spacial score (nSPS) is 18.7. The van der Waals surface area contributed by atoms with Gasteiger partial charge in [0.1, 0.15) is 0 Å². The van der Waals surface area contributed by atoms with Crippen molar-refractivity contribution in [3.8, 4) is 0 Å². The molecule has 0 amide bonds. The maximum atomic E-state index is 12.7. The van der Waals surface area contributed by atoms with Crippen molar-refractivity contribution in [3.05, 3.63) is 76.2 Å². The van der Waals surface area contributed by atoms with Crippen molar-refractivity contribution in [2.24, 2.45) is 5.11 Å². The Bertz CT molecular complexity index is 970. The molecule has 3 rings (SSSR count). The Kier molecular flexibility index (Phi) is 8.45. The van der Waals surface area contributed by atoms with Crippen LogP contribution in [0.4, 0.5) is 0 Å². The molecule has 0 aromatic heterocycles. The highest BCUT2D eigenvalue weighted by atomic mass is 32.2. The second-order valence-electron chi connectivity index (χ2n) is 7.48. The summed E-state index contributed by atoms with van der Waals surface area (Å²) in [5.41, 5.74) is 11.0. The summed E-state index contributed by atoms with van der Waals surface area (Å²) in [6.07, 6.45) is 1.69. The standard InChI is InChI=1S/C22H27N3O5S/c1-17-10-12-19(13-11-17)31(26,27)29-16-21(30-22-9-5-6-14-28-22)20(24-25-23)15-18-7-3-2-4-8-18/h2-4,7-8,10-13,20-22H,5-6,9,14-16H2,1H3. The van der Waals surface area contributed by atoms with Crippen molar-refractivity contribution in [3.63, 3.8) is 0 Å². The molecule has 0 bridgehead atoms. The van der Waals surface area contributed by atoms with Crippen molar-refractivity contribution in [2.45, 2.75) is 55.9 Å². The van der Waals surface area contributed by atoms with Crippen LogP contribution >= 0.6 is 0 Å². The third kappa shape index (κ3) is 7.05. The van der Waals surface area contributed by atoms with Crippen LogP contribution in [0.2, 0.25) is 0 Å². The number of aryl methyl sites for hydroxylation is 1. The van der Waals surface area contributed by atoms with E-state index < -0.39 is 28.6 Å².